The lowest BCUT2D eigenvalue weighted by Crippen LogP contribution is -2.32. The number of carbonyl (C=O) groups is 1. The molecule has 3 heteroatoms. The molecule has 1 aromatic carbocycles. The summed E-state index contributed by atoms with van der Waals surface area (Å²) in [5, 5.41) is 4.46. The number of aryl methyl sites for hydroxylation is 3. The smallest absolute Gasteiger partial charge is 0.168 e. The van der Waals surface area contributed by atoms with Crippen LogP contribution in [-0.2, 0) is 0 Å². The van der Waals surface area contributed by atoms with Crippen molar-refractivity contribution in [3.05, 3.63) is 34.5 Å². The standard InChI is InChI=1S/C17H22N2O/c1-10-4-5-11(2)16-14(10)15(12(3)19-16)17(20)13-6-8-18-9-7-13/h4-5,13,18-19H,6-9H2,1-3H3. The van der Waals surface area contributed by atoms with E-state index in [0.29, 0.717) is 5.78 Å². The molecule has 2 N–H and O–H groups in total. The Kier molecular flexibility index (Phi) is 3.38. The van der Waals surface area contributed by atoms with Gasteiger partial charge in [0.05, 0.1) is 0 Å². The largest absolute Gasteiger partial charge is 0.358 e. The molecule has 1 fully saturated rings. The first-order valence-electron chi connectivity index (χ1n) is 7.43. The van der Waals surface area contributed by atoms with Gasteiger partial charge in [-0.3, -0.25) is 4.79 Å². The van der Waals surface area contributed by atoms with Crippen molar-refractivity contribution < 1.29 is 4.79 Å². The maximum absolute atomic E-state index is 12.9. The number of nitrogens with one attached hydrogen (secondary N) is 2. The Hall–Kier alpha value is -1.61. The van der Waals surface area contributed by atoms with Crippen LogP contribution in [-0.4, -0.2) is 23.9 Å². The summed E-state index contributed by atoms with van der Waals surface area (Å²) in [6, 6.07) is 4.23. The van der Waals surface area contributed by atoms with Crippen molar-refractivity contribution in [1.29, 1.82) is 0 Å². The minimum atomic E-state index is 0.175. The second-order valence-electron chi connectivity index (χ2n) is 5.96. The van der Waals surface area contributed by atoms with Gasteiger partial charge in [-0.1, -0.05) is 12.1 Å². The van der Waals surface area contributed by atoms with E-state index in [1.807, 2.05) is 6.92 Å². The van der Waals surface area contributed by atoms with Crippen LogP contribution in [0, 0.1) is 26.7 Å². The molecule has 2 aromatic rings. The molecule has 106 valence electrons. The van der Waals surface area contributed by atoms with E-state index in [4.69, 9.17) is 0 Å². The van der Waals surface area contributed by atoms with E-state index in [0.717, 1.165) is 48.1 Å². The lowest BCUT2D eigenvalue weighted by Gasteiger charge is -2.21. The Bertz CT molecular complexity index is 663. The van der Waals surface area contributed by atoms with E-state index in [1.54, 1.807) is 0 Å². The molecule has 1 aliphatic heterocycles. The topological polar surface area (TPSA) is 44.9 Å². The van der Waals surface area contributed by atoms with Gasteiger partial charge in [-0.05, 0) is 57.8 Å². The molecule has 3 rings (SSSR count). The highest BCUT2D eigenvalue weighted by molar-refractivity contribution is 6.11. The lowest BCUT2D eigenvalue weighted by molar-refractivity contribution is 0.0896. The van der Waals surface area contributed by atoms with Crippen LogP contribution in [0.25, 0.3) is 10.9 Å². The average molecular weight is 270 g/mol. The fraction of sp³-hybridized carbons (Fsp3) is 0.471. The maximum atomic E-state index is 12.9. The highest BCUT2D eigenvalue weighted by atomic mass is 16.1. The molecule has 2 heterocycles. The van der Waals surface area contributed by atoms with E-state index in [1.165, 1.54) is 11.1 Å². The average Bonchev–Trinajstić information content (AvgIpc) is 2.82. The molecule has 0 aliphatic carbocycles. The quantitative estimate of drug-likeness (QED) is 0.823. The zero-order valence-corrected chi connectivity index (χ0v) is 12.5. The molecule has 0 spiro atoms. The third-order valence-electron chi connectivity index (χ3n) is 4.52. The van der Waals surface area contributed by atoms with Crippen LogP contribution < -0.4 is 5.32 Å². The Morgan fingerprint density at radius 2 is 1.75 bits per heavy atom. The van der Waals surface area contributed by atoms with Crippen LogP contribution in [0.4, 0.5) is 0 Å². The van der Waals surface area contributed by atoms with Gasteiger partial charge in [0.15, 0.2) is 5.78 Å². The molecule has 0 radical (unpaired) electrons. The summed E-state index contributed by atoms with van der Waals surface area (Å²) < 4.78 is 0. The van der Waals surface area contributed by atoms with Crippen molar-refractivity contribution in [1.82, 2.24) is 10.3 Å². The molecule has 20 heavy (non-hydrogen) atoms. The third-order valence-corrected chi connectivity index (χ3v) is 4.52. The van der Waals surface area contributed by atoms with Crippen LogP contribution in [0.1, 0.15) is 40.0 Å². The van der Waals surface area contributed by atoms with Crippen LogP contribution in [0.15, 0.2) is 12.1 Å². The molecular formula is C17H22N2O. The predicted octanol–water partition coefficient (Wildman–Crippen LogP) is 3.28. The molecule has 1 aliphatic rings. The summed E-state index contributed by atoms with van der Waals surface area (Å²) in [6.07, 6.45) is 1.91. The van der Waals surface area contributed by atoms with Crippen LogP contribution in [0.2, 0.25) is 0 Å². The number of ketones is 1. The second kappa shape index (κ2) is 5.06. The zero-order valence-electron chi connectivity index (χ0n) is 12.5. The molecule has 0 saturated carbocycles. The third kappa shape index (κ3) is 2.06. The number of H-pyrrole nitrogens is 1. The van der Waals surface area contributed by atoms with Crippen LogP contribution >= 0.6 is 0 Å². The summed E-state index contributed by atoms with van der Waals surface area (Å²) in [4.78, 5) is 16.3. The first-order valence-corrected chi connectivity index (χ1v) is 7.43. The number of hydrogen-bond acceptors (Lipinski definition) is 2. The molecular weight excluding hydrogens is 248 g/mol. The van der Waals surface area contributed by atoms with Crippen molar-refractivity contribution in [3.63, 3.8) is 0 Å². The molecule has 0 bridgehead atoms. The Labute approximate surface area is 119 Å². The number of aromatic nitrogens is 1. The zero-order chi connectivity index (χ0) is 14.3. The van der Waals surface area contributed by atoms with Crippen molar-refractivity contribution >= 4 is 16.7 Å². The van der Waals surface area contributed by atoms with Gasteiger partial charge in [-0.2, -0.15) is 0 Å². The van der Waals surface area contributed by atoms with Gasteiger partial charge in [-0.25, -0.2) is 0 Å². The van der Waals surface area contributed by atoms with Gasteiger partial charge in [0.1, 0.15) is 0 Å². The van der Waals surface area contributed by atoms with Crippen LogP contribution in [0.5, 0.6) is 0 Å². The van der Waals surface area contributed by atoms with E-state index in [2.05, 4.69) is 36.3 Å². The highest BCUT2D eigenvalue weighted by Gasteiger charge is 2.26. The van der Waals surface area contributed by atoms with Crippen molar-refractivity contribution in [3.8, 4) is 0 Å². The fourth-order valence-electron chi connectivity index (χ4n) is 3.33. The summed E-state index contributed by atoms with van der Waals surface area (Å²) in [5.41, 5.74) is 5.46. The lowest BCUT2D eigenvalue weighted by atomic mass is 9.87. The minimum Gasteiger partial charge on any atom is -0.358 e. The van der Waals surface area contributed by atoms with Gasteiger partial charge >= 0.3 is 0 Å². The number of benzene rings is 1. The number of carbonyl (C=O) groups excluding carboxylic acids is 1. The van der Waals surface area contributed by atoms with Gasteiger partial charge in [0.25, 0.3) is 0 Å². The van der Waals surface area contributed by atoms with Crippen molar-refractivity contribution in [2.75, 3.05) is 13.1 Å². The SMILES string of the molecule is Cc1[nH]c2c(C)ccc(C)c2c1C(=O)C1CCNCC1. The normalized spacial score (nSPS) is 16.8. The first-order chi connectivity index (χ1) is 9.59. The first kappa shape index (κ1) is 13.4. The van der Waals surface area contributed by atoms with E-state index in [9.17, 15) is 4.79 Å². The predicted molar refractivity (Wildman–Crippen MR) is 82.4 cm³/mol. The van der Waals surface area contributed by atoms with Gasteiger partial charge < -0.3 is 10.3 Å². The molecule has 3 nitrogen and oxygen atoms in total. The highest BCUT2D eigenvalue weighted by Crippen LogP contribution is 2.31. The minimum absolute atomic E-state index is 0.175. The van der Waals surface area contributed by atoms with E-state index < -0.39 is 0 Å². The molecule has 0 unspecified atom stereocenters. The Morgan fingerprint density at radius 1 is 1.10 bits per heavy atom. The summed E-state index contributed by atoms with van der Waals surface area (Å²) in [5.74, 6) is 0.498. The number of fused-ring (bicyclic) bond motifs is 1. The maximum Gasteiger partial charge on any atom is 0.168 e. The summed E-state index contributed by atoms with van der Waals surface area (Å²) in [7, 11) is 0. The monoisotopic (exact) mass is 270 g/mol. The number of aromatic amines is 1. The molecule has 1 saturated heterocycles. The Morgan fingerprint density at radius 3 is 2.45 bits per heavy atom. The molecule has 0 atom stereocenters. The number of rotatable bonds is 2. The Balaban J connectivity index is 2.13. The van der Waals surface area contributed by atoms with Crippen LogP contribution in [0.3, 0.4) is 0 Å². The summed E-state index contributed by atoms with van der Waals surface area (Å²) in [6.45, 7) is 8.11. The summed E-state index contributed by atoms with van der Waals surface area (Å²) >= 11 is 0. The number of hydrogen-bond donors (Lipinski definition) is 2. The number of Topliss-reactive ketones (excluding diaryl/α,β-unsaturated/α-hetero) is 1. The van der Waals surface area contributed by atoms with E-state index in [-0.39, 0.29) is 5.92 Å². The van der Waals surface area contributed by atoms with Crippen molar-refractivity contribution in [2.24, 2.45) is 5.92 Å². The van der Waals surface area contributed by atoms with Gasteiger partial charge in [-0.15, -0.1) is 0 Å². The second-order valence-corrected chi connectivity index (χ2v) is 5.96. The van der Waals surface area contributed by atoms with Gasteiger partial charge in [0.2, 0.25) is 0 Å². The van der Waals surface area contributed by atoms with E-state index >= 15 is 0 Å². The molecule has 1 aromatic heterocycles. The van der Waals surface area contributed by atoms with Crippen molar-refractivity contribution in [2.45, 2.75) is 33.6 Å². The van der Waals surface area contributed by atoms with Gasteiger partial charge in [0, 0.05) is 28.1 Å². The number of piperidine rings is 1. The molecule has 0 amide bonds. The fourth-order valence-corrected chi connectivity index (χ4v) is 3.33.